The van der Waals surface area contributed by atoms with Crippen LogP contribution in [0.3, 0.4) is 0 Å². The minimum atomic E-state index is -0.293. The monoisotopic (exact) mass is 344 g/mol. The van der Waals surface area contributed by atoms with Crippen molar-refractivity contribution in [3.8, 4) is 0 Å². The van der Waals surface area contributed by atoms with Crippen LogP contribution in [-0.4, -0.2) is 36.6 Å². The summed E-state index contributed by atoms with van der Waals surface area (Å²) in [6.07, 6.45) is 1.50. The number of hydrogen-bond donors (Lipinski definition) is 1. The Balaban J connectivity index is 2.00. The van der Waals surface area contributed by atoms with Gasteiger partial charge in [0.05, 0.1) is 23.2 Å². The molecule has 1 aromatic rings. The molecule has 1 unspecified atom stereocenters. The molecule has 1 atom stereocenters. The molecule has 5 nitrogen and oxygen atoms in total. The number of ether oxygens (including phenoxy) is 1. The fourth-order valence-corrected chi connectivity index (χ4v) is 2.74. The summed E-state index contributed by atoms with van der Waals surface area (Å²) in [5.74, 6) is -0.518. The van der Waals surface area contributed by atoms with E-state index in [9.17, 15) is 9.59 Å². The zero-order valence-electron chi connectivity index (χ0n) is 12.3. The van der Waals surface area contributed by atoms with Crippen molar-refractivity contribution in [2.75, 3.05) is 25.0 Å². The number of rotatable bonds is 3. The topological polar surface area (TPSA) is 58.6 Å². The lowest BCUT2D eigenvalue weighted by molar-refractivity contribution is -0.149. The number of esters is 1. The first-order valence-electron chi connectivity index (χ1n) is 7.19. The fourth-order valence-electron chi connectivity index (χ4n) is 2.40. The van der Waals surface area contributed by atoms with Crippen LogP contribution < -0.4 is 5.32 Å². The van der Waals surface area contributed by atoms with E-state index in [-0.39, 0.29) is 17.9 Å². The number of piperidine rings is 1. The highest BCUT2D eigenvalue weighted by Gasteiger charge is 2.29. The van der Waals surface area contributed by atoms with E-state index in [4.69, 9.17) is 27.9 Å². The summed E-state index contributed by atoms with van der Waals surface area (Å²) in [5.41, 5.74) is 0.456. The van der Waals surface area contributed by atoms with Crippen LogP contribution in [0.2, 0.25) is 10.0 Å². The van der Waals surface area contributed by atoms with Crippen LogP contribution in [0, 0.1) is 5.92 Å². The summed E-state index contributed by atoms with van der Waals surface area (Å²) in [7, 11) is 0. The molecule has 1 fully saturated rings. The van der Waals surface area contributed by atoms with Crippen LogP contribution >= 0.6 is 23.2 Å². The second-order valence-electron chi connectivity index (χ2n) is 5.09. The van der Waals surface area contributed by atoms with E-state index in [0.717, 1.165) is 12.8 Å². The van der Waals surface area contributed by atoms with Gasteiger partial charge in [-0.2, -0.15) is 0 Å². The molecule has 1 N–H and O–H groups in total. The minimum absolute atomic E-state index is 0.249. The molecule has 2 rings (SSSR count). The number of nitrogens with one attached hydrogen (secondary N) is 1. The Kier molecular flexibility index (Phi) is 5.91. The number of hydrogen-bond acceptors (Lipinski definition) is 3. The summed E-state index contributed by atoms with van der Waals surface area (Å²) in [5, 5.41) is 3.63. The lowest BCUT2D eigenvalue weighted by atomic mass is 9.98. The molecule has 0 radical (unpaired) electrons. The third-order valence-corrected chi connectivity index (χ3v) is 4.06. The van der Waals surface area contributed by atoms with Gasteiger partial charge in [-0.05, 0) is 38.0 Å². The molecule has 7 heteroatoms. The van der Waals surface area contributed by atoms with Crippen molar-refractivity contribution in [1.82, 2.24) is 4.90 Å². The van der Waals surface area contributed by atoms with Gasteiger partial charge in [-0.25, -0.2) is 4.79 Å². The standard InChI is InChI=1S/C15H18Cl2N2O3/c1-2-22-14(20)10-4-3-7-19(9-10)15(21)18-13-8-11(16)5-6-12(13)17/h5-6,8,10H,2-4,7,9H2,1H3,(H,18,21). The number of carbonyl (C=O) groups is 2. The minimum Gasteiger partial charge on any atom is -0.466 e. The molecule has 1 saturated heterocycles. The van der Waals surface area contributed by atoms with Gasteiger partial charge in [-0.1, -0.05) is 23.2 Å². The molecule has 1 aliphatic rings. The molecule has 1 aromatic carbocycles. The summed E-state index contributed by atoms with van der Waals surface area (Å²) in [6, 6.07) is 4.57. The quantitative estimate of drug-likeness (QED) is 0.848. The van der Waals surface area contributed by atoms with Crippen LogP contribution in [0.5, 0.6) is 0 Å². The second-order valence-corrected chi connectivity index (χ2v) is 5.94. The summed E-state index contributed by atoms with van der Waals surface area (Å²) < 4.78 is 5.03. The van der Waals surface area contributed by atoms with E-state index in [1.54, 1.807) is 30.0 Å². The molecule has 1 heterocycles. The molecule has 0 bridgehead atoms. The Hall–Kier alpha value is -1.46. The fraction of sp³-hybridized carbons (Fsp3) is 0.467. The molecule has 22 heavy (non-hydrogen) atoms. The van der Waals surface area contributed by atoms with E-state index in [1.807, 2.05) is 0 Å². The van der Waals surface area contributed by atoms with Crippen molar-refractivity contribution in [3.05, 3.63) is 28.2 Å². The lowest BCUT2D eigenvalue weighted by Crippen LogP contribution is -2.44. The Morgan fingerprint density at radius 3 is 2.91 bits per heavy atom. The summed E-state index contributed by atoms with van der Waals surface area (Å²) in [6.45, 7) is 3.06. The number of benzene rings is 1. The van der Waals surface area contributed by atoms with Crippen LogP contribution in [0.1, 0.15) is 19.8 Å². The highest BCUT2D eigenvalue weighted by molar-refractivity contribution is 6.35. The van der Waals surface area contributed by atoms with Crippen molar-refractivity contribution in [3.63, 3.8) is 0 Å². The maximum absolute atomic E-state index is 12.3. The van der Waals surface area contributed by atoms with Gasteiger partial charge in [0.15, 0.2) is 0 Å². The van der Waals surface area contributed by atoms with E-state index >= 15 is 0 Å². The van der Waals surface area contributed by atoms with Crippen molar-refractivity contribution < 1.29 is 14.3 Å². The number of anilines is 1. The third kappa shape index (κ3) is 4.27. The Morgan fingerprint density at radius 1 is 1.41 bits per heavy atom. The predicted octanol–water partition coefficient (Wildman–Crippen LogP) is 3.80. The first-order chi connectivity index (χ1) is 10.5. The van der Waals surface area contributed by atoms with Gasteiger partial charge in [0.2, 0.25) is 0 Å². The number of urea groups is 1. The number of carbonyl (C=O) groups excluding carboxylic acids is 2. The maximum atomic E-state index is 12.3. The van der Waals surface area contributed by atoms with Gasteiger partial charge < -0.3 is 15.0 Å². The van der Waals surface area contributed by atoms with Crippen LogP contribution in [0.15, 0.2) is 18.2 Å². The van der Waals surface area contributed by atoms with Crippen LogP contribution in [0.4, 0.5) is 10.5 Å². The van der Waals surface area contributed by atoms with Gasteiger partial charge in [-0.15, -0.1) is 0 Å². The average Bonchev–Trinajstić information content (AvgIpc) is 2.51. The van der Waals surface area contributed by atoms with Crippen molar-refractivity contribution in [2.24, 2.45) is 5.92 Å². The largest absolute Gasteiger partial charge is 0.466 e. The number of nitrogens with zero attached hydrogens (tertiary/aromatic N) is 1. The van der Waals surface area contributed by atoms with Gasteiger partial charge in [0, 0.05) is 18.1 Å². The molecular formula is C15H18Cl2N2O3. The SMILES string of the molecule is CCOC(=O)C1CCCN(C(=O)Nc2cc(Cl)ccc2Cl)C1. The zero-order chi connectivity index (χ0) is 16.1. The van der Waals surface area contributed by atoms with E-state index < -0.39 is 0 Å². The van der Waals surface area contributed by atoms with E-state index in [0.29, 0.717) is 35.4 Å². The third-order valence-electron chi connectivity index (χ3n) is 3.50. The molecule has 0 aliphatic carbocycles. The van der Waals surface area contributed by atoms with Gasteiger partial charge >= 0.3 is 12.0 Å². The Morgan fingerprint density at radius 2 is 2.18 bits per heavy atom. The number of amides is 2. The zero-order valence-corrected chi connectivity index (χ0v) is 13.8. The Bertz CT molecular complexity index is 566. The van der Waals surface area contributed by atoms with Crippen molar-refractivity contribution in [2.45, 2.75) is 19.8 Å². The molecule has 0 spiro atoms. The van der Waals surface area contributed by atoms with Gasteiger partial charge in [0.1, 0.15) is 0 Å². The predicted molar refractivity (Wildman–Crippen MR) is 86.4 cm³/mol. The van der Waals surface area contributed by atoms with E-state index in [1.165, 1.54) is 0 Å². The van der Waals surface area contributed by atoms with Crippen LogP contribution in [-0.2, 0) is 9.53 Å². The molecule has 0 aromatic heterocycles. The van der Waals surface area contributed by atoms with Crippen LogP contribution in [0.25, 0.3) is 0 Å². The van der Waals surface area contributed by atoms with E-state index in [2.05, 4.69) is 5.32 Å². The first kappa shape index (κ1) is 16.9. The summed E-state index contributed by atoms with van der Waals surface area (Å²) >= 11 is 11.9. The average molecular weight is 345 g/mol. The smallest absolute Gasteiger partial charge is 0.321 e. The molecule has 120 valence electrons. The molecule has 2 amide bonds. The number of halogens is 2. The highest BCUT2D eigenvalue weighted by atomic mass is 35.5. The summed E-state index contributed by atoms with van der Waals surface area (Å²) in [4.78, 5) is 25.7. The highest BCUT2D eigenvalue weighted by Crippen LogP contribution is 2.26. The second kappa shape index (κ2) is 7.70. The first-order valence-corrected chi connectivity index (χ1v) is 7.94. The van der Waals surface area contributed by atoms with Crippen molar-refractivity contribution >= 4 is 40.9 Å². The molecule has 1 aliphatic heterocycles. The van der Waals surface area contributed by atoms with Gasteiger partial charge in [-0.3, -0.25) is 4.79 Å². The van der Waals surface area contributed by atoms with Crippen molar-refractivity contribution in [1.29, 1.82) is 0 Å². The number of likely N-dealkylation sites (tertiary alicyclic amines) is 1. The molecule has 0 saturated carbocycles. The normalized spacial score (nSPS) is 18.0. The lowest BCUT2D eigenvalue weighted by Gasteiger charge is -2.31. The Labute approximate surface area is 139 Å². The van der Waals surface area contributed by atoms with Gasteiger partial charge in [0.25, 0.3) is 0 Å². The molecular weight excluding hydrogens is 327 g/mol. The maximum Gasteiger partial charge on any atom is 0.321 e.